The lowest BCUT2D eigenvalue weighted by atomic mass is 10.2. The van der Waals surface area contributed by atoms with E-state index in [9.17, 15) is 9.59 Å². The number of ether oxygens (including phenoxy) is 1. The monoisotopic (exact) mass is 455 g/mol. The van der Waals surface area contributed by atoms with Crippen molar-refractivity contribution < 1.29 is 14.3 Å². The van der Waals surface area contributed by atoms with Gasteiger partial charge < -0.3 is 19.5 Å². The minimum Gasteiger partial charge on any atom is -0.482 e. The molecule has 1 N–H and O–H groups in total. The second kappa shape index (κ2) is 9.58. The SMILES string of the molecule is CC(=O)N1CCN(Cc2nc3cc(NC(=O)COc4ccccc4Cl)ccc3n2C)CC1. The molecular formula is C23H26ClN5O3. The topological polar surface area (TPSA) is 79.7 Å². The number of aryl methyl sites for hydroxylation is 1. The van der Waals surface area contributed by atoms with Crippen LogP contribution in [0.2, 0.25) is 5.02 Å². The molecule has 8 nitrogen and oxygen atoms in total. The zero-order valence-corrected chi connectivity index (χ0v) is 18.9. The Bertz CT molecular complexity index is 1140. The van der Waals surface area contributed by atoms with E-state index < -0.39 is 0 Å². The molecule has 1 aromatic heterocycles. The number of imidazole rings is 1. The van der Waals surface area contributed by atoms with Gasteiger partial charge in [-0.3, -0.25) is 14.5 Å². The van der Waals surface area contributed by atoms with Gasteiger partial charge in [-0.15, -0.1) is 0 Å². The van der Waals surface area contributed by atoms with Crippen molar-refractivity contribution in [3.63, 3.8) is 0 Å². The van der Waals surface area contributed by atoms with E-state index in [1.807, 2.05) is 30.1 Å². The molecule has 0 spiro atoms. The van der Waals surface area contributed by atoms with Gasteiger partial charge in [-0.1, -0.05) is 23.7 Å². The van der Waals surface area contributed by atoms with Crippen molar-refractivity contribution in [1.82, 2.24) is 19.4 Å². The number of fused-ring (bicyclic) bond motifs is 1. The number of anilines is 1. The van der Waals surface area contributed by atoms with Crippen molar-refractivity contribution in [2.24, 2.45) is 7.05 Å². The maximum Gasteiger partial charge on any atom is 0.262 e. The third kappa shape index (κ3) is 5.03. The lowest BCUT2D eigenvalue weighted by molar-refractivity contribution is -0.130. The van der Waals surface area contributed by atoms with E-state index in [-0.39, 0.29) is 18.4 Å². The summed E-state index contributed by atoms with van der Waals surface area (Å²) in [5.74, 6) is 1.27. The predicted octanol–water partition coefficient (Wildman–Crippen LogP) is 2.91. The van der Waals surface area contributed by atoms with Crippen LogP contribution in [0.4, 0.5) is 5.69 Å². The normalized spacial score (nSPS) is 14.5. The Morgan fingerprint density at radius 1 is 1.12 bits per heavy atom. The molecular weight excluding hydrogens is 430 g/mol. The number of aromatic nitrogens is 2. The average Bonchev–Trinajstić information content (AvgIpc) is 3.08. The van der Waals surface area contributed by atoms with Crippen LogP contribution < -0.4 is 10.1 Å². The average molecular weight is 456 g/mol. The van der Waals surface area contributed by atoms with Crippen LogP contribution in [-0.2, 0) is 23.2 Å². The van der Waals surface area contributed by atoms with Gasteiger partial charge in [0.15, 0.2) is 6.61 Å². The van der Waals surface area contributed by atoms with Crippen molar-refractivity contribution in [2.45, 2.75) is 13.5 Å². The number of halogens is 1. The zero-order valence-electron chi connectivity index (χ0n) is 18.2. The van der Waals surface area contributed by atoms with Crippen LogP contribution in [0.5, 0.6) is 5.75 Å². The maximum absolute atomic E-state index is 12.3. The third-order valence-electron chi connectivity index (χ3n) is 5.64. The minimum atomic E-state index is -0.274. The number of nitrogens with one attached hydrogen (secondary N) is 1. The van der Waals surface area contributed by atoms with E-state index in [1.165, 1.54) is 0 Å². The Labute approximate surface area is 191 Å². The highest BCUT2D eigenvalue weighted by Gasteiger charge is 2.20. The lowest BCUT2D eigenvalue weighted by Crippen LogP contribution is -2.47. The van der Waals surface area contributed by atoms with Gasteiger partial charge in [-0.05, 0) is 30.3 Å². The van der Waals surface area contributed by atoms with Crippen LogP contribution in [0.25, 0.3) is 11.0 Å². The fourth-order valence-corrected chi connectivity index (χ4v) is 3.98. The van der Waals surface area contributed by atoms with Crippen LogP contribution in [0, 0.1) is 0 Å². The Balaban J connectivity index is 1.38. The number of amides is 2. The summed E-state index contributed by atoms with van der Waals surface area (Å²) in [6, 6.07) is 12.7. The van der Waals surface area contributed by atoms with E-state index in [4.69, 9.17) is 21.3 Å². The summed E-state index contributed by atoms with van der Waals surface area (Å²) in [5.41, 5.74) is 2.47. The Hall–Kier alpha value is -3.10. The number of nitrogens with zero attached hydrogens (tertiary/aromatic N) is 4. The van der Waals surface area contributed by atoms with Gasteiger partial charge in [0.2, 0.25) is 5.91 Å². The van der Waals surface area contributed by atoms with Crippen LogP contribution in [0.3, 0.4) is 0 Å². The van der Waals surface area contributed by atoms with E-state index in [1.54, 1.807) is 31.2 Å². The molecule has 0 atom stereocenters. The molecule has 1 fully saturated rings. The molecule has 0 unspecified atom stereocenters. The summed E-state index contributed by atoms with van der Waals surface area (Å²) in [6.45, 7) is 5.33. The molecule has 2 heterocycles. The molecule has 1 saturated heterocycles. The number of carbonyl (C=O) groups is 2. The van der Waals surface area contributed by atoms with E-state index >= 15 is 0 Å². The molecule has 4 rings (SSSR count). The van der Waals surface area contributed by atoms with E-state index in [0.29, 0.717) is 23.0 Å². The molecule has 168 valence electrons. The Morgan fingerprint density at radius 3 is 2.59 bits per heavy atom. The van der Waals surface area contributed by atoms with Gasteiger partial charge in [0.25, 0.3) is 5.91 Å². The number of hydrogen-bond acceptors (Lipinski definition) is 5. The number of hydrogen-bond donors (Lipinski definition) is 1. The van der Waals surface area contributed by atoms with Gasteiger partial charge in [0.1, 0.15) is 11.6 Å². The fourth-order valence-electron chi connectivity index (χ4n) is 3.79. The first kappa shape index (κ1) is 22.1. The van der Waals surface area contributed by atoms with Gasteiger partial charge >= 0.3 is 0 Å². The molecule has 0 bridgehead atoms. The fraction of sp³-hybridized carbons (Fsp3) is 0.348. The molecule has 1 aliphatic heterocycles. The first-order chi connectivity index (χ1) is 15.4. The predicted molar refractivity (Wildman–Crippen MR) is 124 cm³/mol. The van der Waals surface area contributed by atoms with Crippen molar-refractivity contribution in [2.75, 3.05) is 38.1 Å². The second-order valence-corrected chi connectivity index (χ2v) is 8.25. The van der Waals surface area contributed by atoms with Crippen molar-refractivity contribution >= 4 is 40.1 Å². The zero-order chi connectivity index (χ0) is 22.7. The number of rotatable bonds is 6. The summed E-state index contributed by atoms with van der Waals surface area (Å²) < 4.78 is 7.56. The number of piperazine rings is 1. The van der Waals surface area contributed by atoms with Crippen LogP contribution in [-0.4, -0.2) is 64.0 Å². The summed E-state index contributed by atoms with van der Waals surface area (Å²) in [6.07, 6.45) is 0. The third-order valence-corrected chi connectivity index (χ3v) is 5.95. The van der Waals surface area contributed by atoms with Crippen molar-refractivity contribution in [1.29, 1.82) is 0 Å². The Morgan fingerprint density at radius 2 is 1.88 bits per heavy atom. The lowest BCUT2D eigenvalue weighted by Gasteiger charge is -2.33. The number of carbonyl (C=O) groups excluding carboxylic acids is 2. The molecule has 32 heavy (non-hydrogen) atoms. The summed E-state index contributed by atoms with van der Waals surface area (Å²) in [4.78, 5) is 32.8. The first-order valence-corrected chi connectivity index (χ1v) is 10.9. The highest BCUT2D eigenvalue weighted by molar-refractivity contribution is 6.32. The molecule has 2 amide bonds. The molecule has 9 heteroatoms. The smallest absolute Gasteiger partial charge is 0.262 e. The van der Waals surface area contributed by atoms with Gasteiger partial charge in [-0.25, -0.2) is 4.98 Å². The minimum absolute atomic E-state index is 0.124. The summed E-state index contributed by atoms with van der Waals surface area (Å²) in [5, 5.41) is 3.31. The van der Waals surface area contributed by atoms with Crippen molar-refractivity contribution in [3.05, 3.63) is 53.3 Å². The summed E-state index contributed by atoms with van der Waals surface area (Å²) in [7, 11) is 1.99. The number of benzene rings is 2. The van der Waals surface area contributed by atoms with Crippen LogP contribution in [0.15, 0.2) is 42.5 Å². The van der Waals surface area contributed by atoms with Crippen LogP contribution >= 0.6 is 11.6 Å². The molecule has 0 saturated carbocycles. The molecule has 2 aromatic carbocycles. The van der Waals surface area contributed by atoms with Gasteiger partial charge in [-0.2, -0.15) is 0 Å². The first-order valence-electron chi connectivity index (χ1n) is 10.5. The number of para-hydroxylation sites is 1. The molecule has 3 aromatic rings. The molecule has 1 aliphatic rings. The summed E-state index contributed by atoms with van der Waals surface area (Å²) >= 11 is 6.05. The van der Waals surface area contributed by atoms with Gasteiger partial charge in [0, 0.05) is 45.8 Å². The van der Waals surface area contributed by atoms with E-state index in [2.05, 4.69) is 14.8 Å². The highest BCUT2D eigenvalue weighted by Crippen LogP contribution is 2.24. The largest absolute Gasteiger partial charge is 0.482 e. The molecule has 0 aliphatic carbocycles. The maximum atomic E-state index is 12.3. The highest BCUT2D eigenvalue weighted by atomic mass is 35.5. The standard InChI is InChI=1S/C23H26ClN5O3/c1-16(30)29-11-9-28(10-12-29)14-22-26-19-13-17(7-8-20(19)27(22)2)25-23(31)15-32-21-6-4-3-5-18(21)24/h3-8,13H,9-12,14-15H2,1-2H3,(H,25,31). The van der Waals surface area contributed by atoms with E-state index in [0.717, 1.165) is 43.0 Å². The van der Waals surface area contributed by atoms with Gasteiger partial charge in [0.05, 0.1) is 22.6 Å². The molecule has 0 radical (unpaired) electrons. The quantitative estimate of drug-likeness (QED) is 0.618. The second-order valence-electron chi connectivity index (χ2n) is 7.84. The Kier molecular flexibility index (Phi) is 6.62. The van der Waals surface area contributed by atoms with Crippen LogP contribution in [0.1, 0.15) is 12.7 Å². The van der Waals surface area contributed by atoms with Crippen molar-refractivity contribution in [3.8, 4) is 5.75 Å².